The number of carbonyl (C=O) groups excluding carboxylic acids is 1. The summed E-state index contributed by atoms with van der Waals surface area (Å²) in [6.45, 7) is 9.39. The van der Waals surface area contributed by atoms with Crippen LogP contribution in [-0.4, -0.2) is 56.4 Å². The normalized spacial score (nSPS) is 12.7. The molecule has 1 unspecified atom stereocenters. The molecule has 10 nitrogen and oxygen atoms in total. The number of aromatic nitrogens is 5. The van der Waals surface area contributed by atoms with Gasteiger partial charge in [-0.3, -0.25) is 9.48 Å². The van der Waals surface area contributed by atoms with Crippen molar-refractivity contribution in [1.82, 2.24) is 35.4 Å². The number of methoxy groups -OCH3 is 1. The van der Waals surface area contributed by atoms with Crippen LogP contribution in [0.15, 0.2) is 11.2 Å². The van der Waals surface area contributed by atoms with Crippen LogP contribution in [0.5, 0.6) is 0 Å². The summed E-state index contributed by atoms with van der Waals surface area (Å²) >= 11 is 0. The summed E-state index contributed by atoms with van der Waals surface area (Å²) in [6, 6.07) is 0.175. The van der Waals surface area contributed by atoms with Crippen molar-refractivity contribution in [2.24, 2.45) is 12.0 Å². The Morgan fingerprint density at radius 2 is 2.14 bits per heavy atom. The second kappa shape index (κ2) is 9.86. The smallest absolute Gasteiger partial charge is 0.327 e. The predicted octanol–water partition coefficient (Wildman–Crippen LogP) is 0.488. The zero-order valence-corrected chi connectivity index (χ0v) is 17.5. The van der Waals surface area contributed by atoms with Crippen molar-refractivity contribution in [3.8, 4) is 0 Å². The zero-order valence-electron chi connectivity index (χ0n) is 17.5. The maximum atomic E-state index is 11.3. The third-order valence-electron chi connectivity index (χ3n) is 4.40. The highest BCUT2D eigenvalue weighted by atomic mass is 16.5. The Morgan fingerprint density at radius 3 is 2.75 bits per heavy atom. The minimum absolute atomic E-state index is 0.0341. The second-order valence-corrected chi connectivity index (χ2v) is 6.70. The van der Waals surface area contributed by atoms with Gasteiger partial charge in [-0.1, -0.05) is 5.21 Å². The molecular weight excluding hydrogens is 360 g/mol. The molecule has 0 aliphatic rings. The van der Waals surface area contributed by atoms with E-state index >= 15 is 0 Å². The van der Waals surface area contributed by atoms with Gasteiger partial charge in [0.05, 0.1) is 25.5 Å². The Hall–Kier alpha value is -2.91. The third kappa shape index (κ3) is 5.80. The quantitative estimate of drug-likeness (QED) is 0.383. The molecule has 0 aliphatic heterocycles. The largest absolute Gasteiger partial charge is 0.468 e. The summed E-state index contributed by atoms with van der Waals surface area (Å²) in [5.74, 6) is 0.335. The summed E-state index contributed by atoms with van der Waals surface area (Å²) < 4.78 is 7.97. The van der Waals surface area contributed by atoms with Gasteiger partial charge in [-0.25, -0.2) is 9.67 Å². The van der Waals surface area contributed by atoms with E-state index in [1.165, 1.54) is 23.0 Å². The first-order chi connectivity index (χ1) is 13.3. The Kier molecular flexibility index (Phi) is 7.53. The summed E-state index contributed by atoms with van der Waals surface area (Å²) in [4.78, 5) is 15.9. The van der Waals surface area contributed by atoms with Crippen molar-refractivity contribution in [1.29, 1.82) is 0 Å². The first-order valence-corrected chi connectivity index (χ1v) is 9.33. The maximum absolute atomic E-state index is 11.3. The fraction of sp³-hybridized carbons (Fsp3) is 0.611. The van der Waals surface area contributed by atoms with E-state index in [9.17, 15) is 4.79 Å². The molecule has 0 saturated heterocycles. The number of nitrogens with one attached hydrogen (secondary N) is 2. The van der Waals surface area contributed by atoms with Gasteiger partial charge in [0.15, 0.2) is 5.96 Å². The second-order valence-electron chi connectivity index (χ2n) is 6.70. The number of esters is 1. The topological polar surface area (TPSA) is 111 Å². The number of hydrogen-bond donors (Lipinski definition) is 2. The maximum Gasteiger partial charge on any atom is 0.327 e. The van der Waals surface area contributed by atoms with Crippen molar-refractivity contribution in [3.63, 3.8) is 0 Å². The van der Waals surface area contributed by atoms with Gasteiger partial charge in [0.25, 0.3) is 0 Å². The Bertz CT molecular complexity index is 824. The number of guanidine groups is 1. The highest BCUT2D eigenvalue weighted by Crippen LogP contribution is 2.14. The first-order valence-electron chi connectivity index (χ1n) is 9.33. The van der Waals surface area contributed by atoms with Gasteiger partial charge in [-0.15, -0.1) is 5.10 Å². The average molecular weight is 390 g/mol. The van der Waals surface area contributed by atoms with Crippen LogP contribution in [-0.2, 0) is 36.1 Å². The fourth-order valence-corrected chi connectivity index (χ4v) is 2.87. The standard InChI is InChI=1S/C18H30N8O2/c1-7-19-18(20-9-15-10-26(24-22-15)11-17(27)28-6)21-12(2)8-16-13(3)23-25(5)14(16)4/h10,12H,7-9,11H2,1-6H3,(H2,19,20,21). The lowest BCUT2D eigenvalue weighted by molar-refractivity contribution is -0.141. The van der Waals surface area contributed by atoms with E-state index in [1.54, 1.807) is 6.20 Å². The van der Waals surface area contributed by atoms with Crippen molar-refractivity contribution >= 4 is 11.9 Å². The van der Waals surface area contributed by atoms with Crippen LogP contribution in [0.3, 0.4) is 0 Å². The summed E-state index contributed by atoms with van der Waals surface area (Å²) in [6.07, 6.45) is 2.54. The lowest BCUT2D eigenvalue weighted by Gasteiger charge is -2.18. The molecule has 2 aromatic heterocycles. The number of aryl methyl sites for hydroxylation is 2. The summed E-state index contributed by atoms with van der Waals surface area (Å²) in [5.41, 5.74) is 4.16. The van der Waals surface area contributed by atoms with E-state index < -0.39 is 0 Å². The molecule has 2 heterocycles. The monoisotopic (exact) mass is 390 g/mol. The molecule has 2 rings (SSSR count). The average Bonchev–Trinajstić information content (AvgIpc) is 3.19. The van der Waals surface area contributed by atoms with E-state index in [0.29, 0.717) is 18.2 Å². The van der Waals surface area contributed by atoms with Crippen LogP contribution >= 0.6 is 0 Å². The van der Waals surface area contributed by atoms with Crippen LogP contribution < -0.4 is 10.6 Å². The van der Waals surface area contributed by atoms with Crippen molar-refractivity contribution in [2.45, 2.75) is 53.2 Å². The van der Waals surface area contributed by atoms with Gasteiger partial charge in [0, 0.05) is 25.3 Å². The zero-order chi connectivity index (χ0) is 20.7. The lowest BCUT2D eigenvalue weighted by Crippen LogP contribution is -2.43. The van der Waals surface area contributed by atoms with Crippen LogP contribution in [0.4, 0.5) is 0 Å². The van der Waals surface area contributed by atoms with E-state index in [0.717, 1.165) is 18.7 Å². The number of ether oxygens (including phenoxy) is 1. The number of rotatable bonds is 8. The molecule has 154 valence electrons. The van der Waals surface area contributed by atoms with Crippen LogP contribution in [0, 0.1) is 13.8 Å². The number of nitrogens with zero attached hydrogens (tertiary/aromatic N) is 6. The lowest BCUT2D eigenvalue weighted by atomic mass is 10.1. The molecule has 0 aromatic carbocycles. The Labute approximate surface area is 165 Å². The molecular formula is C18H30N8O2. The van der Waals surface area contributed by atoms with Crippen molar-refractivity contribution in [2.75, 3.05) is 13.7 Å². The van der Waals surface area contributed by atoms with Gasteiger partial charge in [0.2, 0.25) is 0 Å². The van der Waals surface area contributed by atoms with Gasteiger partial charge < -0.3 is 15.4 Å². The van der Waals surface area contributed by atoms with Gasteiger partial charge in [0.1, 0.15) is 12.2 Å². The van der Waals surface area contributed by atoms with E-state index in [4.69, 9.17) is 0 Å². The molecule has 0 aliphatic carbocycles. The fourth-order valence-electron chi connectivity index (χ4n) is 2.87. The van der Waals surface area contributed by atoms with Crippen LogP contribution in [0.2, 0.25) is 0 Å². The Balaban J connectivity index is 1.98. The highest BCUT2D eigenvalue weighted by Gasteiger charge is 2.14. The van der Waals surface area contributed by atoms with Crippen LogP contribution in [0.25, 0.3) is 0 Å². The summed E-state index contributed by atoms with van der Waals surface area (Å²) in [5, 5.41) is 19.1. The molecule has 10 heteroatoms. The van der Waals surface area contributed by atoms with E-state index in [1.807, 2.05) is 25.6 Å². The molecule has 1 atom stereocenters. The molecule has 2 N–H and O–H groups in total. The minimum atomic E-state index is -0.371. The molecule has 0 spiro atoms. The Morgan fingerprint density at radius 1 is 1.39 bits per heavy atom. The molecule has 0 fully saturated rings. The molecule has 2 aromatic rings. The molecule has 0 saturated carbocycles. The number of hydrogen-bond acceptors (Lipinski definition) is 6. The molecule has 28 heavy (non-hydrogen) atoms. The highest BCUT2D eigenvalue weighted by molar-refractivity contribution is 5.80. The van der Waals surface area contributed by atoms with Gasteiger partial charge in [-0.05, 0) is 39.7 Å². The SMILES string of the molecule is CCNC(=NCc1cn(CC(=O)OC)nn1)NC(C)Cc1c(C)nn(C)c1C. The van der Waals surface area contributed by atoms with Gasteiger partial charge >= 0.3 is 5.97 Å². The van der Waals surface area contributed by atoms with Gasteiger partial charge in [-0.2, -0.15) is 5.10 Å². The summed E-state index contributed by atoms with van der Waals surface area (Å²) in [7, 11) is 3.30. The molecule has 0 radical (unpaired) electrons. The number of carbonyl (C=O) groups is 1. The van der Waals surface area contributed by atoms with Crippen LogP contribution in [0.1, 0.15) is 36.5 Å². The molecule has 0 amide bonds. The van der Waals surface area contributed by atoms with Crippen molar-refractivity contribution in [3.05, 3.63) is 28.8 Å². The minimum Gasteiger partial charge on any atom is -0.468 e. The first kappa shape index (κ1) is 21.4. The van der Waals surface area contributed by atoms with Crippen molar-refractivity contribution < 1.29 is 9.53 Å². The third-order valence-corrected chi connectivity index (χ3v) is 4.40. The predicted molar refractivity (Wildman–Crippen MR) is 106 cm³/mol. The number of aliphatic imine (C=N–C) groups is 1. The van der Waals surface area contributed by atoms with E-state index in [-0.39, 0.29) is 18.6 Å². The van der Waals surface area contributed by atoms with E-state index in [2.05, 4.69) is 49.6 Å². The molecule has 0 bridgehead atoms.